The summed E-state index contributed by atoms with van der Waals surface area (Å²) in [5, 5.41) is 0. The molecular weight excluding hydrogens is 260 g/mol. The van der Waals surface area contributed by atoms with E-state index >= 15 is 0 Å². The molecule has 0 amide bonds. The molecule has 0 spiro atoms. The highest BCUT2D eigenvalue weighted by molar-refractivity contribution is 5.65. The maximum atomic E-state index is 10.5. The molecule has 0 aliphatic rings. The Labute approximate surface area is 129 Å². The van der Waals surface area contributed by atoms with Crippen LogP contribution in [0, 0.1) is 11.8 Å². The van der Waals surface area contributed by atoms with Crippen LogP contribution in [-0.2, 0) is 9.53 Å². The van der Waals surface area contributed by atoms with Crippen molar-refractivity contribution in [2.45, 2.75) is 46.0 Å². The van der Waals surface area contributed by atoms with Gasteiger partial charge in [-0.25, -0.2) is 0 Å². The highest BCUT2D eigenvalue weighted by Gasteiger charge is 1.85. The van der Waals surface area contributed by atoms with Gasteiger partial charge in [0, 0.05) is 6.92 Å². The van der Waals surface area contributed by atoms with Crippen molar-refractivity contribution >= 4 is 5.97 Å². The maximum absolute atomic E-state index is 10.5. The number of carbonyl (C=O) groups excluding carboxylic acids is 1. The Hall–Kier alpha value is -2.01. The number of ether oxygens (including phenoxy) is 1. The summed E-state index contributed by atoms with van der Waals surface area (Å²) in [4.78, 5) is 10.5. The van der Waals surface area contributed by atoms with Crippen LogP contribution in [0.3, 0.4) is 0 Å². The molecule has 0 aromatic carbocycles. The van der Waals surface area contributed by atoms with Crippen molar-refractivity contribution in [3.05, 3.63) is 48.6 Å². The minimum absolute atomic E-state index is 0.271. The molecule has 0 bridgehead atoms. The number of hydrogen-bond donors (Lipinski definition) is 0. The summed E-state index contributed by atoms with van der Waals surface area (Å²) in [5.41, 5.74) is 0. The summed E-state index contributed by atoms with van der Waals surface area (Å²) < 4.78 is 4.74. The Morgan fingerprint density at radius 1 is 0.952 bits per heavy atom. The molecule has 0 aromatic heterocycles. The predicted octanol–water partition coefficient (Wildman–Crippen LogP) is 4.75. The normalized spacial score (nSPS) is 11.5. The minimum Gasteiger partial charge on any atom is -0.462 e. The van der Waals surface area contributed by atoms with Crippen LogP contribution in [0.15, 0.2) is 48.6 Å². The highest BCUT2D eigenvalue weighted by Crippen LogP contribution is 2.02. The van der Waals surface area contributed by atoms with Crippen LogP contribution < -0.4 is 0 Å². The standard InChI is InChI=1S/C19H26O2/c1-3-4-5-6-7-8-9-10-11-12-13-14-15-16-17-18-21-19(2)20/h8-11,14-17H,3-7,18H2,1-2H3/b9-8+,11-10+,15-14+,17-16+. The zero-order valence-electron chi connectivity index (χ0n) is 13.2. The molecular formula is C19H26O2. The largest absolute Gasteiger partial charge is 0.462 e. The number of esters is 1. The van der Waals surface area contributed by atoms with Crippen molar-refractivity contribution in [3.63, 3.8) is 0 Å². The number of rotatable bonds is 9. The van der Waals surface area contributed by atoms with Crippen molar-refractivity contribution in [2.75, 3.05) is 6.61 Å². The quantitative estimate of drug-likeness (QED) is 0.265. The van der Waals surface area contributed by atoms with E-state index in [1.165, 1.54) is 32.6 Å². The van der Waals surface area contributed by atoms with Gasteiger partial charge in [-0.05, 0) is 31.1 Å². The fraction of sp³-hybridized carbons (Fsp3) is 0.421. The third-order valence-corrected chi connectivity index (χ3v) is 2.54. The van der Waals surface area contributed by atoms with Gasteiger partial charge in [0.2, 0.25) is 0 Å². The lowest BCUT2D eigenvalue weighted by molar-refractivity contribution is -0.139. The molecule has 0 N–H and O–H groups in total. The summed E-state index contributed by atoms with van der Waals surface area (Å²) in [7, 11) is 0. The molecule has 2 heteroatoms. The Bertz CT molecular complexity index is 428. The molecule has 2 nitrogen and oxygen atoms in total. The van der Waals surface area contributed by atoms with Gasteiger partial charge in [0.05, 0.1) is 0 Å². The van der Waals surface area contributed by atoms with Gasteiger partial charge in [0.15, 0.2) is 0 Å². The molecule has 0 saturated carbocycles. The van der Waals surface area contributed by atoms with E-state index in [0.29, 0.717) is 6.61 Å². The first kappa shape index (κ1) is 19.0. The number of allylic oxidation sites excluding steroid dienone is 7. The topological polar surface area (TPSA) is 26.3 Å². The average molecular weight is 286 g/mol. The average Bonchev–Trinajstić information content (AvgIpc) is 2.46. The first-order valence-corrected chi connectivity index (χ1v) is 7.55. The van der Waals surface area contributed by atoms with Gasteiger partial charge in [-0.2, -0.15) is 0 Å². The van der Waals surface area contributed by atoms with Gasteiger partial charge in [0.25, 0.3) is 0 Å². The fourth-order valence-corrected chi connectivity index (χ4v) is 1.47. The summed E-state index contributed by atoms with van der Waals surface area (Å²) in [6.45, 7) is 3.92. The number of carbonyl (C=O) groups is 1. The highest BCUT2D eigenvalue weighted by atomic mass is 16.5. The molecule has 0 aliphatic heterocycles. The molecule has 0 heterocycles. The summed E-state index contributed by atoms with van der Waals surface area (Å²) in [6, 6.07) is 0. The van der Waals surface area contributed by atoms with E-state index in [0.717, 1.165) is 6.42 Å². The Morgan fingerprint density at radius 2 is 1.62 bits per heavy atom. The van der Waals surface area contributed by atoms with Gasteiger partial charge in [-0.3, -0.25) is 4.79 Å². The van der Waals surface area contributed by atoms with Crippen molar-refractivity contribution in [3.8, 4) is 11.8 Å². The molecule has 0 atom stereocenters. The SMILES string of the molecule is CCCCCC/C=C/C=C/C#C/C=C/C=C/COC(C)=O. The van der Waals surface area contributed by atoms with Crippen molar-refractivity contribution in [2.24, 2.45) is 0 Å². The molecule has 0 radical (unpaired) electrons. The zero-order chi connectivity index (χ0) is 15.6. The Balaban J connectivity index is 3.65. The number of hydrogen-bond acceptors (Lipinski definition) is 2. The van der Waals surface area contributed by atoms with Crippen LogP contribution in [0.4, 0.5) is 0 Å². The van der Waals surface area contributed by atoms with Gasteiger partial charge < -0.3 is 4.74 Å². The number of unbranched alkanes of at least 4 members (excludes halogenated alkanes) is 4. The first-order chi connectivity index (χ1) is 10.3. The molecule has 0 fully saturated rings. The van der Waals surface area contributed by atoms with Gasteiger partial charge in [-0.1, -0.05) is 68.4 Å². The lowest BCUT2D eigenvalue weighted by Crippen LogP contribution is -1.96. The lowest BCUT2D eigenvalue weighted by atomic mass is 10.1. The molecule has 21 heavy (non-hydrogen) atoms. The second-order valence-electron chi connectivity index (χ2n) is 4.52. The smallest absolute Gasteiger partial charge is 0.302 e. The van der Waals surface area contributed by atoms with Gasteiger partial charge >= 0.3 is 5.97 Å². The van der Waals surface area contributed by atoms with E-state index in [2.05, 4.69) is 24.8 Å². The molecule has 0 rings (SSSR count). The van der Waals surface area contributed by atoms with Crippen LogP contribution in [0.25, 0.3) is 0 Å². The van der Waals surface area contributed by atoms with E-state index in [1.54, 1.807) is 18.2 Å². The molecule has 0 saturated heterocycles. The van der Waals surface area contributed by atoms with E-state index in [9.17, 15) is 4.79 Å². The zero-order valence-corrected chi connectivity index (χ0v) is 13.2. The Morgan fingerprint density at radius 3 is 2.24 bits per heavy atom. The predicted molar refractivity (Wildman–Crippen MR) is 89.7 cm³/mol. The van der Waals surface area contributed by atoms with Crippen LogP contribution >= 0.6 is 0 Å². The lowest BCUT2D eigenvalue weighted by Gasteiger charge is -1.92. The maximum Gasteiger partial charge on any atom is 0.302 e. The van der Waals surface area contributed by atoms with Gasteiger partial charge in [0.1, 0.15) is 6.61 Å². The van der Waals surface area contributed by atoms with E-state index < -0.39 is 0 Å². The van der Waals surface area contributed by atoms with Gasteiger partial charge in [-0.15, -0.1) is 0 Å². The minimum atomic E-state index is -0.271. The summed E-state index contributed by atoms with van der Waals surface area (Å²) in [5.74, 6) is 5.54. The van der Waals surface area contributed by atoms with E-state index in [-0.39, 0.29) is 5.97 Å². The summed E-state index contributed by atoms with van der Waals surface area (Å²) in [6.07, 6.45) is 21.5. The van der Waals surface area contributed by atoms with Crippen molar-refractivity contribution in [1.82, 2.24) is 0 Å². The third-order valence-electron chi connectivity index (χ3n) is 2.54. The molecule has 114 valence electrons. The molecule has 0 aliphatic carbocycles. The van der Waals surface area contributed by atoms with Crippen LogP contribution in [0.1, 0.15) is 46.0 Å². The third kappa shape index (κ3) is 18.0. The van der Waals surface area contributed by atoms with E-state index in [4.69, 9.17) is 4.74 Å². The second-order valence-corrected chi connectivity index (χ2v) is 4.52. The van der Waals surface area contributed by atoms with Crippen molar-refractivity contribution < 1.29 is 9.53 Å². The molecule has 0 aromatic rings. The fourth-order valence-electron chi connectivity index (χ4n) is 1.47. The van der Waals surface area contributed by atoms with Crippen molar-refractivity contribution in [1.29, 1.82) is 0 Å². The van der Waals surface area contributed by atoms with E-state index in [1.807, 2.05) is 24.3 Å². The summed E-state index contributed by atoms with van der Waals surface area (Å²) >= 11 is 0. The Kier molecular flexibility index (Phi) is 14.5. The van der Waals surface area contributed by atoms with Crippen LogP contribution in [0.5, 0.6) is 0 Å². The van der Waals surface area contributed by atoms with Crippen LogP contribution in [0.2, 0.25) is 0 Å². The van der Waals surface area contributed by atoms with Crippen LogP contribution in [-0.4, -0.2) is 12.6 Å². The second kappa shape index (κ2) is 16.0. The first-order valence-electron chi connectivity index (χ1n) is 7.55. The monoisotopic (exact) mass is 286 g/mol. The molecule has 0 unspecified atom stereocenters.